The van der Waals surface area contributed by atoms with Crippen LogP contribution in [0.1, 0.15) is 48.3 Å². The normalized spacial score (nSPS) is 10.9. The van der Waals surface area contributed by atoms with Crippen LogP contribution in [0.15, 0.2) is 72.8 Å². The molecule has 0 atom stereocenters. The van der Waals surface area contributed by atoms with Gasteiger partial charge in [0.2, 0.25) is 0 Å². The van der Waals surface area contributed by atoms with Gasteiger partial charge >= 0.3 is 0 Å². The van der Waals surface area contributed by atoms with Crippen LogP contribution in [0.25, 0.3) is 11.0 Å². The number of unbranched alkanes of at least 4 members (excludes halogenated alkanes) is 3. The van der Waals surface area contributed by atoms with E-state index in [-0.39, 0.29) is 5.91 Å². The highest BCUT2D eigenvalue weighted by molar-refractivity contribution is 5.94. The predicted octanol–water partition coefficient (Wildman–Crippen LogP) is 6.06. The number of hydrogen-bond acceptors (Lipinski definition) is 5. The standard InChI is InChI=1S/C31H37N3O4/c1-36-25-18-16-24(17-19-25)31(35)32-20-7-3-4-15-30-33-28-13-5-6-14-29(28)34(30)21-8-9-22-38-27-12-10-11-26(23-27)37-2/h5-6,10-14,16-19,23H,3-4,7-9,15,20-22H2,1-2H3,(H,32,35). The van der Waals surface area contributed by atoms with Gasteiger partial charge in [-0.05, 0) is 74.2 Å². The highest BCUT2D eigenvalue weighted by Gasteiger charge is 2.10. The van der Waals surface area contributed by atoms with Crippen LogP contribution >= 0.6 is 0 Å². The maximum atomic E-state index is 12.3. The number of carbonyl (C=O) groups excluding carboxylic acids is 1. The number of methoxy groups -OCH3 is 2. The molecule has 3 aromatic carbocycles. The molecule has 4 rings (SSSR count). The highest BCUT2D eigenvalue weighted by atomic mass is 16.5. The van der Waals surface area contributed by atoms with Crippen molar-refractivity contribution in [2.75, 3.05) is 27.4 Å². The Morgan fingerprint density at radius 1 is 0.816 bits per heavy atom. The Labute approximate surface area is 224 Å². The van der Waals surface area contributed by atoms with Gasteiger partial charge in [0.15, 0.2) is 0 Å². The molecule has 4 aromatic rings. The van der Waals surface area contributed by atoms with Crippen molar-refractivity contribution < 1.29 is 19.0 Å². The molecule has 0 radical (unpaired) electrons. The maximum absolute atomic E-state index is 12.3. The molecule has 1 heterocycles. The van der Waals surface area contributed by atoms with Crippen LogP contribution in [0.4, 0.5) is 0 Å². The van der Waals surface area contributed by atoms with E-state index in [1.807, 2.05) is 30.3 Å². The van der Waals surface area contributed by atoms with Crippen LogP contribution in [0.2, 0.25) is 0 Å². The fourth-order valence-corrected chi connectivity index (χ4v) is 4.45. The first kappa shape index (κ1) is 27.0. The van der Waals surface area contributed by atoms with E-state index in [4.69, 9.17) is 19.2 Å². The summed E-state index contributed by atoms with van der Waals surface area (Å²) < 4.78 is 18.7. The van der Waals surface area contributed by atoms with Crippen molar-refractivity contribution in [2.45, 2.75) is 45.1 Å². The van der Waals surface area contributed by atoms with Gasteiger partial charge < -0.3 is 24.1 Å². The average molecular weight is 516 g/mol. The third kappa shape index (κ3) is 7.51. The lowest BCUT2D eigenvalue weighted by molar-refractivity contribution is 0.0953. The zero-order chi connectivity index (χ0) is 26.6. The van der Waals surface area contributed by atoms with Gasteiger partial charge in [0.25, 0.3) is 5.91 Å². The third-order valence-corrected chi connectivity index (χ3v) is 6.53. The number of aromatic nitrogens is 2. The Bertz CT molecular complexity index is 1300. The minimum absolute atomic E-state index is 0.0511. The number of imidazole rings is 1. The summed E-state index contributed by atoms with van der Waals surface area (Å²) in [5, 5.41) is 3.01. The molecule has 0 aliphatic rings. The molecule has 0 aliphatic carbocycles. The Balaban J connectivity index is 1.21. The van der Waals surface area contributed by atoms with Gasteiger partial charge in [0.1, 0.15) is 23.1 Å². The van der Waals surface area contributed by atoms with E-state index in [2.05, 4.69) is 28.1 Å². The van der Waals surface area contributed by atoms with Gasteiger partial charge in [-0.25, -0.2) is 4.98 Å². The van der Waals surface area contributed by atoms with Crippen molar-refractivity contribution in [3.8, 4) is 17.2 Å². The molecule has 0 saturated carbocycles. The van der Waals surface area contributed by atoms with Gasteiger partial charge in [-0.1, -0.05) is 24.6 Å². The molecule has 38 heavy (non-hydrogen) atoms. The average Bonchev–Trinajstić information content (AvgIpc) is 3.31. The molecule has 0 bridgehead atoms. The zero-order valence-electron chi connectivity index (χ0n) is 22.3. The number of ether oxygens (including phenoxy) is 3. The second-order valence-electron chi connectivity index (χ2n) is 9.20. The maximum Gasteiger partial charge on any atom is 0.251 e. The Kier molecular flexibility index (Phi) is 10.0. The van der Waals surface area contributed by atoms with Crippen molar-refractivity contribution in [1.82, 2.24) is 14.9 Å². The molecule has 200 valence electrons. The molecule has 1 N–H and O–H groups in total. The number of rotatable bonds is 15. The second kappa shape index (κ2) is 14.1. The van der Waals surface area contributed by atoms with Crippen LogP contribution in [0, 0.1) is 0 Å². The topological polar surface area (TPSA) is 74.6 Å². The molecular formula is C31H37N3O4. The predicted molar refractivity (Wildman–Crippen MR) is 150 cm³/mol. The van der Waals surface area contributed by atoms with E-state index in [9.17, 15) is 4.79 Å². The molecule has 0 unspecified atom stereocenters. The lowest BCUT2D eigenvalue weighted by Crippen LogP contribution is -2.24. The lowest BCUT2D eigenvalue weighted by atomic mass is 10.1. The van der Waals surface area contributed by atoms with Crippen LogP contribution < -0.4 is 19.5 Å². The summed E-state index contributed by atoms with van der Waals surface area (Å²) in [7, 11) is 3.28. The Morgan fingerprint density at radius 2 is 1.61 bits per heavy atom. The van der Waals surface area contributed by atoms with Gasteiger partial charge in [0, 0.05) is 31.1 Å². The van der Waals surface area contributed by atoms with Crippen LogP contribution in [-0.4, -0.2) is 42.8 Å². The van der Waals surface area contributed by atoms with E-state index >= 15 is 0 Å². The molecule has 1 amide bonds. The summed E-state index contributed by atoms with van der Waals surface area (Å²) in [5.74, 6) is 3.45. The molecular weight excluding hydrogens is 478 g/mol. The van der Waals surface area contributed by atoms with Crippen LogP contribution in [0.5, 0.6) is 17.2 Å². The van der Waals surface area contributed by atoms with Gasteiger partial charge in [0.05, 0.1) is 31.9 Å². The number of amides is 1. The van der Waals surface area contributed by atoms with Crippen LogP contribution in [-0.2, 0) is 13.0 Å². The number of benzene rings is 3. The number of fused-ring (bicyclic) bond motifs is 1. The second-order valence-corrected chi connectivity index (χ2v) is 9.20. The van der Waals surface area contributed by atoms with Crippen molar-refractivity contribution >= 4 is 16.9 Å². The number of para-hydroxylation sites is 2. The van der Waals surface area contributed by atoms with Gasteiger partial charge in [-0.2, -0.15) is 0 Å². The first-order valence-electron chi connectivity index (χ1n) is 13.3. The van der Waals surface area contributed by atoms with Gasteiger partial charge in [-0.15, -0.1) is 0 Å². The number of carbonyl (C=O) groups is 1. The fourth-order valence-electron chi connectivity index (χ4n) is 4.45. The van der Waals surface area contributed by atoms with Crippen molar-refractivity contribution in [3.05, 3.63) is 84.2 Å². The van der Waals surface area contributed by atoms with E-state index in [0.29, 0.717) is 18.7 Å². The van der Waals surface area contributed by atoms with Crippen molar-refractivity contribution in [2.24, 2.45) is 0 Å². The third-order valence-electron chi connectivity index (χ3n) is 6.53. The summed E-state index contributed by atoms with van der Waals surface area (Å²) in [4.78, 5) is 17.2. The number of aryl methyl sites for hydroxylation is 2. The number of nitrogens with zero attached hydrogens (tertiary/aromatic N) is 2. The largest absolute Gasteiger partial charge is 0.497 e. The molecule has 0 fully saturated rings. The first-order chi connectivity index (χ1) is 18.7. The quantitative estimate of drug-likeness (QED) is 0.195. The van der Waals surface area contributed by atoms with E-state index in [0.717, 1.165) is 73.7 Å². The van der Waals surface area contributed by atoms with Crippen molar-refractivity contribution in [1.29, 1.82) is 0 Å². The monoisotopic (exact) mass is 515 g/mol. The molecule has 0 spiro atoms. The molecule has 1 aromatic heterocycles. The number of hydrogen-bond donors (Lipinski definition) is 1. The summed E-state index contributed by atoms with van der Waals surface area (Å²) in [6, 6.07) is 23.2. The summed E-state index contributed by atoms with van der Waals surface area (Å²) >= 11 is 0. The minimum atomic E-state index is -0.0511. The highest BCUT2D eigenvalue weighted by Crippen LogP contribution is 2.21. The first-order valence-corrected chi connectivity index (χ1v) is 13.3. The Hall–Kier alpha value is -4.00. The van der Waals surface area contributed by atoms with E-state index < -0.39 is 0 Å². The minimum Gasteiger partial charge on any atom is -0.497 e. The zero-order valence-corrected chi connectivity index (χ0v) is 22.3. The summed E-state index contributed by atoms with van der Waals surface area (Å²) in [6.07, 6.45) is 5.87. The van der Waals surface area contributed by atoms with E-state index in [1.165, 1.54) is 5.52 Å². The van der Waals surface area contributed by atoms with E-state index in [1.54, 1.807) is 38.5 Å². The summed E-state index contributed by atoms with van der Waals surface area (Å²) in [6.45, 7) is 2.24. The number of nitrogens with one attached hydrogen (secondary N) is 1. The smallest absolute Gasteiger partial charge is 0.251 e. The van der Waals surface area contributed by atoms with Crippen molar-refractivity contribution in [3.63, 3.8) is 0 Å². The lowest BCUT2D eigenvalue weighted by Gasteiger charge is -2.11. The van der Waals surface area contributed by atoms with Crippen LogP contribution in [0.3, 0.4) is 0 Å². The Morgan fingerprint density at radius 3 is 2.42 bits per heavy atom. The summed E-state index contributed by atoms with van der Waals surface area (Å²) in [5.41, 5.74) is 2.87. The molecule has 0 saturated heterocycles. The SMILES string of the molecule is COc1ccc(C(=O)NCCCCCc2nc3ccccc3n2CCCCOc2cccc(OC)c2)cc1. The molecule has 7 nitrogen and oxygen atoms in total. The molecule has 7 heteroatoms. The molecule has 0 aliphatic heterocycles. The van der Waals surface area contributed by atoms with Gasteiger partial charge in [-0.3, -0.25) is 4.79 Å². The fraction of sp³-hybridized carbons (Fsp3) is 0.355.